The summed E-state index contributed by atoms with van der Waals surface area (Å²) >= 11 is 0. The second-order valence-corrected chi connectivity index (χ2v) is 8.84. The molecule has 33 heavy (non-hydrogen) atoms. The van der Waals surface area contributed by atoms with Gasteiger partial charge < -0.3 is 14.8 Å². The topological polar surface area (TPSA) is 76.6 Å². The lowest BCUT2D eigenvalue weighted by atomic mass is 9.76. The minimum Gasteiger partial charge on any atom is -0.497 e. The van der Waals surface area contributed by atoms with Gasteiger partial charge in [-0.1, -0.05) is 24.3 Å². The Hall–Kier alpha value is -3.45. The lowest BCUT2D eigenvalue weighted by Gasteiger charge is -2.39. The third-order valence-corrected chi connectivity index (χ3v) is 6.58. The summed E-state index contributed by atoms with van der Waals surface area (Å²) in [5, 5.41) is 3.37. The molecule has 2 atom stereocenters. The van der Waals surface area contributed by atoms with Crippen molar-refractivity contribution < 1.29 is 14.3 Å². The number of carbonyl (C=O) groups excluding carboxylic acids is 1. The van der Waals surface area contributed by atoms with Gasteiger partial charge in [0.1, 0.15) is 11.5 Å². The van der Waals surface area contributed by atoms with Gasteiger partial charge in [-0.3, -0.25) is 9.69 Å². The van der Waals surface area contributed by atoms with Gasteiger partial charge in [-0.15, -0.1) is 0 Å². The molecule has 2 saturated heterocycles. The number of hydrogen-bond acceptors (Lipinski definition) is 6. The molecule has 2 fully saturated rings. The molecule has 2 aliphatic heterocycles. The third-order valence-electron chi connectivity index (χ3n) is 6.58. The normalized spacial score (nSPS) is 22.8. The van der Waals surface area contributed by atoms with Crippen molar-refractivity contribution in [3.8, 4) is 17.5 Å². The lowest BCUT2D eigenvalue weighted by Crippen LogP contribution is -2.56. The monoisotopic (exact) mass is 444 g/mol. The van der Waals surface area contributed by atoms with Gasteiger partial charge >= 0.3 is 6.01 Å². The molecule has 1 N–H and O–H groups in total. The van der Waals surface area contributed by atoms with Crippen LogP contribution in [-0.2, 0) is 11.3 Å². The lowest BCUT2D eigenvalue weighted by molar-refractivity contribution is -0.125. The van der Waals surface area contributed by atoms with E-state index < -0.39 is 0 Å². The summed E-state index contributed by atoms with van der Waals surface area (Å²) in [4.78, 5) is 23.1. The van der Waals surface area contributed by atoms with Gasteiger partial charge in [-0.05, 0) is 54.3 Å². The van der Waals surface area contributed by atoms with Crippen molar-refractivity contribution >= 4 is 5.91 Å². The highest BCUT2D eigenvalue weighted by Crippen LogP contribution is 2.42. The van der Waals surface area contributed by atoms with Crippen molar-refractivity contribution in [1.29, 1.82) is 0 Å². The fourth-order valence-corrected chi connectivity index (χ4v) is 5.17. The highest BCUT2D eigenvalue weighted by molar-refractivity contribution is 5.78. The maximum Gasteiger partial charge on any atom is 0.321 e. The zero-order chi connectivity index (χ0) is 22.7. The van der Waals surface area contributed by atoms with Crippen molar-refractivity contribution in [1.82, 2.24) is 20.2 Å². The molecule has 2 aromatic carbocycles. The van der Waals surface area contributed by atoms with Crippen molar-refractivity contribution in [2.45, 2.75) is 37.3 Å². The summed E-state index contributed by atoms with van der Waals surface area (Å²) in [5.74, 6) is 1.90. The second kappa shape index (κ2) is 9.19. The molecule has 7 heteroatoms. The number of rotatable bonds is 6. The van der Waals surface area contributed by atoms with Crippen molar-refractivity contribution in [2.24, 2.45) is 0 Å². The number of likely N-dealkylation sites (tertiary alicyclic amines) is 1. The Balaban J connectivity index is 1.37. The van der Waals surface area contributed by atoms with Crippen LogP contribution in [0.4, 0.5) is 0 Å². The van der Waals surface area contributed by atoms with Crippen molar-refractivity contribution in [3.05, 3.63) is 78.1 Å². The Kier molecular flexibility index (Phi) is 5.96. The summed E-state index contributed by atoms with van der Waals surface area (Å²) in [6.07, 6.45) is 5.82. The highest BCUT2D eigenvalue weighted by atomic mass is 16.5. The standard InChI is InChI=1S/C26H28N4O3/c1-32-21-8-3-7-20(15-21)23-17-30(18-26(23)11-4-10-24(31)29-26)16-19-6-2-9-22(14-19)33-25-27-12-5-13-28-25/h2-3,5-9,12-15,23H,4,10-11,16-18H2,1H3,(H,29,31)/t23-,26+/m0/s1. The molecule has 1 aromatic heterocycles. The molecule has 0 aliphatic carbocycles. The number of nitrogens with one attached hydrogen (secondary N) is 1. The minimum absolute atomic E-state index is 0.147. The van der Waals surface area contributed by atoms with Crippen molar-refractivity contribution in [3.63, 3.8) is 0 Å². The maximum absolute atomic E-state index is 12.4. The van der Waals surface area contributed by atoms with E-state index in [1.165, 1.54) is 5.56 Å². The summed E-state index contributed by atoms with van der Waals surface area (Å²) in [6.45, 7) is 2.44. The summed E-state index contributed by atoms with van der Waals surface area (Å²) in [5.41, 5.74) is 2.10. The number of benzene rings is 2. The highest BCUT2D eigenvalue weighted by Gasteiger charge is 2.49. The van der Waals surface area contributed by atoms with Gasteiger partial charge in [0.25, 0.3) is 0 Å². The van der Waals surface area contributed by atoms with Gasteiger partial charge in [0.05, 0.1) is 12.6 Å². The average Bonchev–Trinajstić information content (AvgIpc) is 3.16. The van der Waals surface area contributed by atoms with E-state index in [2.05, 4.69) is 38.4 Å². The van der Waals surface area contributed by atoms with E-state index in [0.717, 1.165) is 43.8 Å². The van der Waals surface area contributed by atoms with Gasteiger partial charge in [0.15, 0.2) is 0 Å². The van der Waals surface area contributed by atoms with E-state index >= 15 is 0 Å². The first-order valence-corrected chi connectivity index (χ1v) is 11.3. The quantitative estimate of drug-likeness (QED) is 0.621. The third kappa shape index (κ3) is 4.68. The second-order valence-electron chi connectivity index (χ2n) is 8.84. The number of hydrogen-bond donors (Lipinski definition) is 1. The Bertz CT molecular complexity index is 1120. The van der Waals surface area contributed by atoms with E-state index in [9.17, 15) is 4.79 Å². The first kappa shape index (κ1) is 21.4. The Labute approximate surface area is 193 Å². The zero-order valence-electron chi connectivity index (χ0n) is 18.7. The number of piperidine rings is 1. The van der Waals surface area contributed by atoms with E-state index in [0.29, 0.717) is 18.2 Å². The molecule has 1 spiro atoms. The van der Waals surface area contributed by atoms with Gasteiger partial charge in [-0.25, -0.2) is 9.97 Å². The SMILES string of the molecule is COc1cccc([C@@H]2CN(Cc3cccc(Oc4ncccn4)c3)C[C@]23CCCC(=O)N3)c1. The van der Waals surface area contributed by atoms with Gasteiger partial charge in [-0.2, -0.15) is 0 Å². The van der Waals surface area contributed by atoms with E-state index in [-0.39, 0.29) is 17.4 Å². The molecule has 3 heterocycles. The number of nitrogens with zero attached hydrogens (tertiary/aromatic N) is 3. The molecular formula is C26H28N4O3. The summed E-state index contributed by atoms with van der Waals surface area (Å²) in [7, 11) is 1.69. The van der Waals surface area contributed by atoms with E-state index in [1.54, 1.807) is 25.6 Å². The van der Waals surface area contributed by atoms with E-state index in [4.69, 9.17) is 9.47 Å². The number of ether oxygens (including phenoxy) is 2. The number of amides is 1. The average molecular weight is 445 g/mol. The number of methoxy groups -OCH3 is 1. The van der Waals surface area contributed by atoms with Crippen LogP contribution < -0.4 is 14.8 Å². The van der Waals surface area contributed by atoms with Crippen LogP contribution in [0.5, 0.6) is 17.5 Å². The Morgan fingerprint density at radius 3 is 2.73 bits per heavy atom. The van der Waals surface area contributed by atoms with Crippen LogP contribution in [0.15, 0.2) is 67.0 Å². The molecule has 0 unspecified atom stereocenters. The van der Waals surface area contributed by atoms with E-state index in [1.807, 2.05) is 30.3 Å². The molecule has 0 bridgehead atoms. The molecule has 0 saturated carbocycles. The molecule has 0 radical (unpaired) electrons. The fourth-order valence-electron chi connectivity index (χ4n) is 5.17. The van der Waals surface area contributed by atoms with Crippen LogP contribution in [0.2, 0.25) is 0 Å². The maximum atomic E-state index is 12.4. The Morgan fingerprint density at radius 2 is 1.91 bits per heavy atom. The smallest absolute Gasteiger partial charge is 0.321 e. The van der Waals surface area contributed by atoms with Gasteiger partial charge in [0, 0.05) is 44.4 Å². The molecule has 170 valence electrons. The molecule has 2 aliphatic rings. The molecule has 7 nitrogen and oxygen atoms in total. The van der Waals surface area contributed by atoms with Crippen LogP contribution >= 0.6 is 0 Å². The van der Waals surface area contributed by atoms with Crippen LogP contribution in [0.25, 0.3) is 0 Å². The summed E-state index contributed by atoms with van der Waals surface area (Å²) in [6, 6.07) is 18.4. The van der Waals surface area contributed by atoms with Crippen LogP contribution in [0.3, 0.4) is 0 Å². The number of aromatic nitrogens is 2. The van der Waals surface area contributed by atoms with Crippen LogP contribution in [0.1, 0.15) is 36.3 Å². The predicted molar refractivity (Wildman–Crippen MR) is 124 cm³/mol. The predicted octanol–water partition coefficient (Wildman–Crippen LogP) is 3.92. The fraction of sp³-hybridized carbons (Fsp3) is 0.346. The molecule has 5 rings (SSSR count). The largest absolute Gasteiger partial charge is 0.497 e. The molecule has 1 amide bonds. The molecular weight excluding hydrogens is 416 g/mol. The van der Waals surface area contributed by atoms with Gasteiger partial charge in [0.2, 0.25) is 5.91 Å². The zero-order valence-corrected chi connectivity index (χ0v) is 18.7. The first-order valence-electron chi connectivity index (χ1n) is 11.3. The Morgan fingerprint density at radius 1 is 1.09 bits per heavy atom. The van der Waals surface area contributed by atoms with Crippen LogP contribution in [0, 0.1) is 0 Å². The van der Waals surface area contributed by atoms with Crippen molar-refractivity contribution in [2.75, 3.05) is 20.2 Å². The number of carbonyl (C=O) groups is 1. The molecule has 3 aromatic rings. The minimum atomic E-state index is -0.256. The first-order chi connectivity index (χ1) is 16.1. The summed E-state index contributed by atoms with van der Waals surface area (Å²) < 4.78 is 11.3. The van der Waals surface area contributed by atoms with Crippen LogP contribution in [-0.4, -0.2) is 46.5 Å².